The number of carbonyl (C=O) groups is 1. The van der Waals surface area contributed by atoms with Crippen molar-refractivity contribution in [2.45, 2.75) is 138 Å². The Bertz CT molecular complexity index is 1230. The molecule has 269 valence electrons. The molecule has 1 radical (unpaired) electrons. The summed E-state index contributed by atoms with van der Waals surface area (Å²) in [5, 5.41) is 29.8. The number of rotatable bonds is 15. The maximum atomic E-state index is 13.1. The number of carbonyl (C=O) groups excluding carboxylic acids is 1. The molecule has 47 heavy (non-hydrogen) atoms. The van der Waals surface area contributed by atoms with Gasteiger partial charge in [0, 0.05) is 24.1 Å². The van der Waals surface area contributed by atoms with Crippen molar-refractivity contribution in [2.75, 3.05) is 19.8 Å². The van der Waals surface area contributed by atoms with Gasteiger partial charge in [-0.3, -0.25) is 9.69 Å². The molecule has 0 fully saturated rings. The van der Waals surface area contributed by atoms with E-state index in [4.69, 9.17) is 18.5 Å². The van der Waals surface area contributed by atoms with Gasteiger partial charge >= 0.3 is 7.82 Å². The predicted molar refractivity (Wildman–Crippen MR) is 179 cm³/mol. The van der Waals surface area contributed by atoms with E-state index in [1.807, 2.05) is 6.92 Å². The third-order valence-electron chi connectivity index (χ3n) is 8.94. The van der Waals surface area contributed by atoms with Crippen molar-refractivity contribution in [1.29, 1.82) is 0 Å². The summed E-state index contributed by atoms with van der Waals surface area (Å²) >= 11 is 0. The molecular weight excluding hydrogens is 662 g/mol. The molecule has 0 saturated carbocycles. The number of hydrogen-bond acceptors (Lipinski definition) is 9. The molecule has 0 spiro atoms. The number of aliphatic hydroxyl groups excluding tert-OH is 3. The van der Waals surface area contributed by atoms with Crippen LogP contribution in [0.2, 0.25) is 0 Å². The summed E-state index contributed by atoms with van der Waals surface area (Å²) in [7, 11) is -4.98. The van der Waals surface area contributed by atoms with Gasteiger partial charge < -0.3 is 33.8 Å². The first-order chi connectivity index (χ1) is 21.6. The van der Waals surface area contributed by atoms with Gasteiger partial charge in [0.1, 0.15) is 29.5 Å². The third kappa shape index (κ3) is 12.7. The summed E-state index contributed by atoms with van der Waals surface area (Å²) in [6.07, 6.45) is 11.6. The van der Waals surface area contributed by atoms with Gasteiger partial charge in [0.25, 0.3) is 0 Å². The second-order valence-corrected chi connectivity index (χ2v) is 14.7. The number of phosphoric ester groups is 1. The summed E-state index contributed by atoms with van der Waals surface area (Å²) in [6.45, 7) is 14.9. The maximum absolute atomic E-state index is 13.1. The minimum absolute atomic E-state index is 0. The molecule has 10 nitrogen and oxygen atoms in total. The average Bonchev–Trinajstić information content (AvgIpc) is 3.13. The van der Waals surface area contributed by atoms with E-state index in [2.05, 4.69) is 34.6 Å². The monoisotopic (exact) mass is 721 g/mol. The predicted octanol–water partition coefficient (Wildman–Crippen LogP) is 7.72. The van der Waals surface area contributed by atoms with Crippen molar-refractivity contribution in [2.24, 2.45) is 11.8 Å². The zero-order chi connectivity index (χ0) is 34.7. The number of fused-ring (bicyclic) bond motifs is 1. The Morgan fingerprint density at radius 2 is 1.62 bits per heavy atom. The van der Waals surface area contributed by atoms with Crippen LogP contribution in [-0.4, -0.2) is 57.5 Å². The van der Waals surface area contributed by atoms with Crippen LogP contribution in [0, 0.1) is 32.6 Å². The van der Waals surface area contributed by atoms with Gasteiger partial charge in [0.2, 0.25) is 11.5 Å². The van der Waals surface area contributed by atoms with Gasteiger partial charge in [-0.05, 0) is 76.0 Å². The van der Waals surface area contributed by atoms with Gasteiger partial charge in [-0.2, -0.15) is 0 Å². The van der Waals surface area contributed by atoms with E-state index < -0.39 is 50.4 Å². The van der Waals surface area contributed by atoms with E-state index in [1.54, 1.807) is 13.8 Å². The second kappa shape index (κ2) is 20.2. The quantitative estimate of drug-likeness (QED) is 0.105. The van der Waals surface area contributed by atoms with Gasteiger partial charge in [0.05, 0.1) is 25.2 Å². The molecule has 0 aliphatic carbocycles. The van der Waals surface area contributed by atoms with Crippen molar-refractivity contribution >= 4 is 13.6 Å². The number of benzene rings is 1. The van der Waals surface area contributed by atoms with Gasteiger partial charge in [-0.25, -0.2) is 4.57 Å². The Kier molecular flexibility index (Phi) is 18.7. The molecule has 2 aliphatic heterocycles. The molecule has 1 aromatic rings. The van der Waals surface area contributed by atoms with Crippen molar-refractivity contribution in [3.63, 3.8) is 0 Å². The van der Waals surface area contributed by atoms with Gasteiger partial charge in [0.15, 0.2) is 0 Å². The summed E-state index contributed by atoms with van der Waals surface area (Å²) in [4.78, 5) is 23.1. The Morgan fingerprint density at radius 3 is 2.17 bits per heavy atom. The molecule has 4 N–H and O–H groups in total. The van der Waals surface area contributed by atoms with Crippen molar-refractivity contribution in [3.05, 3.63) is 33.8 Å². The van der Waals surface area contributed by atoms with Crippen LogP contribution >= 0.6 is 7.82 Å². The van der Waals surface area contributed by atoms with E-state index in [-0.39, 0.29) is 36.5 Å². The maximum Gasteiger partial charge on any atom is 0.585 e. The first-order valence-corrected chi connectivity index (χ1v) is 18.5. The second-order valence-electron chi connectivity index (χ2n) is 13.4. The summed E-state index contributed by atoms with van der Waals surface area (Å²) in [5.74, 6) is -2.21. The fourth-order valence-corrected chi connectivity index (χ4v) is 6.80. The molecule has 0 saturated heterocycles. The van der Waals surface area contributed by atoms with Crippen molar-refractivity contribution in [1.82, 2.24) is 0 Å². The van der Waals surface area contributed by atoms with Gasteiger partial charge in [-0.1, -0.05) is 72.6 Å². The van der Waals surface area contributed by atoms with E-state index >= 15 is 0 Å². The number of Topliss-reactive ketones (excluding diaryl/α,β-unsaturated/α-hetero) is 1. The number of phosphoric acid groups is 1. The van der Waals surface area contributed by atoms with E-state index in [1.165, 1.54) is 38.5 Å². The van der Waals surface area contributed by atoms with Crippen LogP contribution in [0.5, 0.6) is 11.5 Å². The number of aliphatic hydroxyl groups is 3. The zero-order valence-electron chi connectivity index (χ0n) is 29.8. The first-order valence-electron chi connectivity index (χ1n) is 17.0. The smallest absolute Gasteiger partial charge is 0.508 e. The Hall–Kier alpha value is -1.52. The standard InChI is InChI=1S/C27H41O10P.C8H18.V/c1-15(2)8-7-10-27(6)11-9-19-18(5)24(16(3)17(4)25(19)35-27)36-38(32,33)37-26-22(30)14-34-13-20(23(26)31)21(29)12-28;1-3-5-7-8-6-4-2;/h15,20-21,28-29,31H,7-14H2,1-6H3,(H,32,33);3-8H2,1-2H3;. The largest absolute Gasteiger partial charge is 0.585 e. The molecule has 3 rings (SSSR count). The topological polar surface area (TPSA) is 152 Å². The molecule has 0 bridgehead atoms. The number of unbranched alkanes of at least 4 members (excludes halogenated alkanes) is 5. The Balaban J connectivity index is 0.00000109. The minimum Gasteiger partial charge on any atom is -0.508 e. The molecular formula is C35H59O10PV. The fraction of sp³-hybridized carbons (Fsp3) is 0.743. The number of hydrogen-bond donors (Lipinski definition) is 4. The van der Waals surface area contributed by atoms with Crippen LogP contribution < -0.4 is 9.26 Å². The minimum atomic E-state index is -4.98. The molecule has 2 heterocycles. The summed E-state index contributed by atoms with van der Waals surface area (Å²) in [6, 6.07) is 0. The first kappa shape index (κ1) is 43.5. The average molecular weight is 722 g/mol. The normalized spacial score (nSPS) is 21.4. The summed E-state index contributed by atoms with van der Waals surface area (Å²) in [5.41, 5.74) is 2.59. The molecule has 4 atom stereocenters. The fourth-order valence-electron chi connectivity index (χ4n) is 5.83. The van der Waals surface area contributed by atoms with Crippen LogP contribution in [0.3, 0.4) is 0 Å². The molecule has 1 aromatic carbocycles. The Morgan fingerprint density at radius 1 is 1.00 bits per heavy atom. The van der Waals surface area contributed by atoms with Crippen LogP contribution in [0.25, 0.3) is 0 Å². The molecule has 2 aliphatic rings. The van der Waals surface area contributed by atoms with Crippen LogP contribution in [0.15, 0.2) is 11.5 Å². The molecule has 0 aromatic heterocycles. The summed E-state index contributed by atoms with van der Waals surface area (Å²) < 4.78 is 35.3. The molecule has 12 heteroatoms. The zero-order valence-corrected chi connectivity index (χ0v) is 32.1. The van der Waals surface area contributed by atoms with Crippen LogP contribution in [0.4, 0.5) is 0 Å². The van der Waals surface area contributed by atoms with Crippen LogP contribution in [-0.2, 0) is 43.6 Å². The Labute approximate surface area is 294 Å². The van der Waals surface area contributed by atoms with E-state index in [0.717, 1.165) is 42.6 Å². The van der Waals surface area contributed by atoms with Crippen LogP contribution in [0.1, 0.15) is 121 Å². The van der Waals surface area contributed by atoms with E-state index in [9.17, 15) is 29.6 Å². The number of ketones is 1. The van der Waals surface area contributed by atoms with E-state index in [0.29, 0.717) is 23.5 Å². The van der Waals surface area contributed by atoms with Crippen molar-refractivity contribution in [3.8, 4) is 11.5 Å². The van der Waals surface area contributed by atoms with Gasteiger partial charge in [-0.15, -0.1) is 0 Å². The number of ether oxygens (including phenoxy) is 2. The SMILES string of the molecule is CCCCCCCC.Cc1c(C)c2c(c(C)c1OP(=O)(O)OC1=C(O)C(C(O)CO)COCC1=O)CCC(C)(CCCC(C)C)O2.[V]. The molecule has 0 amide bonds. The van der Waals surface area contributed by atoms with Crippen molar-refractivity contribution < 1.29 is 66.6 Å². The third-order valence-corrected chi connectivity index (χ3v) is 9.77. The molecule has 4 unspecified atom stereocenters.